The molecule has 0 atom stereocenters. The Bertz CT molecular complexity index is 235. The fourth-order valence-corrected chi connectivity index (χ4v) is 1.24. The van der Waals surface area contributed by atoms with Gasteiger partial charge in [0, 0.05) is 5.92 Å². The van der Waals surface area contributed by atoms with Crippen molar-refractivity contribution >= 4 is 0 Å². The van der Waals surface area contributed by atoms with Crippen molar-refractivity contribution in [2.75, 3.05) is 5.84 Å². The normalized spacial score (nSPS) is 11.5. The lowest BCUT2D eigenvalue weighted by Gasteiger charge is -2.09. The second-order valence-corrected chi connectivity index (χ2v) is 3.72. The molecule has 0 aliphatic rings. The Labute approximate surface area is 73.6 Å². The number of nitrogens with two attached hydrogens (primary N) is 1. The highest BCUT2D eigenvalue weighted by Crippen LogP contribution is 2.17. The van der Waals surface area contributed by atoms with Gasteiger partial charge < -0.3 is 5.84 Å². The van der Waals surface area contributed by atoms with Crippen molar-refractivity contribution in [1.82, 2.24) is 9.66 Å². The molecular formula is C9H17N3. The lowest BCUT2D eigenvalue weighted by atomic mass is 10.1. The van der Waals surface area contributed by atoms with Crippen LogP contribution in [0.2, 0.25) is 0 Å². The lowest BCUT2D eigenvalue weighted by molar-refractivity contribution is 0.693. The van der Waals surface area contributed by atoms with E-state index in [1.165, 1.54) is 0 Å². The Morgan fingerprint density at radius 2 is 1.83 bits per heavy atom. The van der Waals surface area contributed by atoms with Crippen molar-refractivity contribution in [1.29, 1.82) is 0 Å². The largest absolute Gasteiger partial charge is 0.338 e. The monoisotopic (exact) mass is 167 g/mol. The summed E-state index contributed by atoms with van der Waals surface area (Å²) >= 11 is 0. The molecule has 1 aromatic rings. The van der Waals surface area contributed by atoms with Gasteiger partial charge in [0.25, 0.3) is 0 Å². The summed E-state index contributed by atoms with van der Waals surface area (Å²) in [5.74, 6) is 7.65. The average molecular weight is 167 g/mol. The van der Waals surface area contributed by atoms with Crippen molar-refractivity contribution in [3.63, 3.8) is 0 Å². The Hall–Kier alpha value is -0.990. The summed E-state index contributed by atoms with van der Waals surface area (Å²) in [6.07, 6.45) is 1.86. The van der Waals surface area contributed by atoms with E-state index < -0.39 is 0 Å². The number of hydrogen-bond acceptors (Lipinski definition) is 2. The number of nitrogen functional groups attached to an aromatic ring is 1. The van der Waals surface area contributed by atoms with E-state index in [1.54, 1.807) is 4.68 Å². The smallest absolute Gasteiger partial charge is 0.129 e. The first kappa shape index (κ1) is 9.10. The summed E-state index contributed by atoms with van der Waals surface area (Å²) in [7, 11) is 0. The van der Waals surface area contributed by atoms with E-state index in [9.17, 15) is 0 Å². The van der Waals surface area contributed by atoms with Crippen molar-refractivity contribution < 1.29 is 0 Å². The van der Waals surface area contributed by atoms with Crippen LogP contribution in [0.25, 0.3) is 0 Å². The molecule has 1 rings (SSSR count). The van der Waals surface area contributed by atoms with Crippen LogP contribution in [0, 0.1) is 0 Å². The maximum atomic E-state index is 5.86. The summed E-state index contributed by atoms with van der Waals surface area (Å²) in [4.78, 5) is 4.27. The van der Waals surface area contributed by atoms with Gasteiger partial charge in [-0.15, -0.1) is 0 Å². The summed E-state index contributed by atoms with van der Waals surface area (Å²) < 4.78 is 1.70. The third kappa shape index (κ3) is 1.44. The van der Waals surface area contributed by atoms with Crippen LogP contribution in [0.3, 0.4) is 0 Å². The number of aromatic nitrogens is 2. The molecule has 0 radical (unpaired) electrons. The Kier molecular flexibility index (Phi) is 2.40. The summed E-state index contributed by atoms with van der Waals surface area (Å²) in [5, 5.41) is 0. The molecule has 0 fully saturated rings. The molecule has 0 aliphatic heterocycles. The highest BCUT2D eigenvalue weighted by Gasteiger charge is 2.12. The van der Waals surface area contributed by atoms with Gasteiger partial charge in [0.1, 0.15) is 5.82 Å². The van der Waals surface area contributed by atoms with Crippen LogP contribution < -0.4 is 5.84 Å². The van der Waals surface area contributed by atoms with Crippen LogP contribution in [0.4, 0.5) is 0 Å². The molecule has 1 heterocycles. The molecular weight excluding hydrogens is 150 g/mol. The summed E-state index contributed by atoms with van der Waals surface area (Å²) in [6, 6.07) is 0. The first-order valence-electron chi connectivity index (χ1n) is 4.36. The molecule has 3 heteroatoms. The van der Waals surface area contributed by atoms with Gasteiger partial charge in [-0.1, -0.05) is 27.7 Å². The number of rotatable bonds is 2. The molecule has 0 unspecified atom stereocenters. The minimum atomic E-state index is 0.391. The first-order valence-corrected chi connectivity index (χ1v) is 4.36. The molecule has 0 bridgehead atoms. The first-order chi connectivity index (χ1) is 5.54. The van der Waals surface area contributed by atoms with Gasteiger partial charge in [0.05, 0.1) is 11.9 Å². The molecule has 0 saturated heterocycles. The lowest BCUT2D eigenvalue weighted by Crippen LogP contribution is -2.17. The van der Waals surface area contributed by atoms with E-state index in [0.717, 1.165) is 11.5 Å². The predicted molar refractivity (Wildman–Crippen MR) is 50.6 cm³/mol. The van der Waals surface area contributed by atoms with Crippen LogP contribution in [0.15, 0.2) is 6.20 Å². The maximum absolute atomic E-state index is 5.86. The predicted octanol–water partition coefficient (Wildman–Crippen LogP) is 1.84. The van der Waals surface area contributed by atoms with Gasteiger partial charge in [-0.25, -0.2) is 4.98 Å². The van der Waals surface area contributed by atoms with E-state index in [4.69, 9.17) is 5.84 Å². The Balaban J connectivity index is 3.04. The average Bonchev–Trinajstić information content (AvgIpc) is 2.30. The van der Waals surface area contributed by atoms with E-state index >= 15 is 0 Å². The second kappa shape index (κ2) is 3.17. The molecule has 2 N–H and O–H groups in total. The van der Waals surface area contributed by atoms with Gasteiger partial charge in [-0.2, -0.15) is 0 Å². The number of nitrogens with zero attached hydrogens (tertiary/aromatic N) is 2. The van der Waals surface area contributed by atoms with Crippen LogP contribution in [-0.2, 0) is 0 Å². The highest BCUT2D eigenvalue weighted by molar-refractivity contribution is 5.11. The van der Waals surface area contributed by atoms with Crippen molar-refractivity contribution in [2.45, 2.75) is 39.5 Å². The third-order valence-electron chi connectivity index (χ3n) is 1.96. The molecule has 1 aromatic heterocycles. The second-order valence-electron chi connectivity index (χ2n) is 3.72. The molecule has 68 valence electrons. The van der Waals surface area contributed by atoms with E-state index in [0.29, 0.717) is 11.8 Å². The molecule has 12 heavy (non-hydrogen) atoms. The minimum absolute atomic E-state index is 0.391. The van der Waals surface area contributed by atoms with Crippen LogP contribution >= 0.6 is 0 Å². The van der Waals surface area contributed by atoms with Gasteiger partial charge >= 0.3 is 0 Å². The van der Waals surface area contributed by atoms with Crippen molar-refractivity contribution in [3.8, 4) is 0 Å². The zero-order valence-electron chi connectivity index (χ0n) is 8.20. The Morgan fingerprint density at radius 1 is 1.25 bits per heavy atom. The molecule has 0 aromatic carbocycles. The standard InChI is InChI=1S/C9H17N3/c1-6(2)8-5-11-9(7(3)4)12(8)10/h5-7H,10H2,1-4H3. The number of hydrogen-bond donors (Lipinski definition) is 1. The molecule has 0 saturated carbocycles. The van der Waals surface area contributed by atoms with Crippen molar-refractivity contribution in [3.05, 3.63) is 17.7 Å². The van der Waals surface area contributed by atoms with Crippen LogP contribution in [0.5, 0.6) is 0 Å². The number of imidazole rings is 1. The SMILES string of the molecule is CC(C)c1cnc(C(C)C)n1N. The molecule has 0 amide bonds. The zero-order chi connectivity index (χ0) is 9.30. The van der Waals surface area contributed by atoms with E-state index in [-0.39, 0.29) is 0 Å². The molecule has 0 spiro atoms. The zero-order valence-corrected chi connectivity index (χ0v) is 8.20. The van der Waals surface area contributed by atoms with Crippen LogP contribution in [-0.4, -0.2) is 9.66 Å². The fourth-order valence-electron chi connectivity index (χ4n) is 1.24. The quantitative estimate of drug-likeness (QED) is 0.683. The van der Waals surface area contributed by atoms with Gasteiger partial charge in [0.15, 0.2) is 0 Å². The highest BCUT2D eigenvalue weighted by atomic mass is 15.3. The summed E-state index contributed by atoms with van der Waals surface area (Å²) in [5.41, 5.74) is 1.10. The van der Waals surface area contributed by atoms with Crippen molar-refractivity contribution in [2.24, 2.45) is 0 Å². The third-order valence-corrected chi connectivity index (χ3v) is 1.96. The van der Waals surface area contributed by atoms with Gasteiger partial charge in [-0.05, 0) is 5.92 Å². The van der Waals surface area contributed by atoms with E-state index in [1.807, 2.05) is 6.20 Å². The minimum Gasteiger partial charge on any atom is -0.338 e. The maximum Gasteiger partial charge on any atom is 0.129 e. The van der Waals surface area contributed by atoms with Crippen LogP contribution in [0.1, 0.15) is 51.0 Å². The van der Waals surface area contributed by atoms with Gasteiger partial charge in [-0.3, -0.25) is 4.68 Å². The Morgan fingerprint density at radius 3 is 2.08 bits per heavy atom. The van der Waals surface area contributed by atoms with Gasteiger partial charge in [0.2, 0.25) is 0 Å². The fraction of sp³-hybridized carbons (Fsp3) is 0.667. The van der Waals surface area contributed by atoms with E-state index in [2.05, 4.69) is 32.7 Å². The molecule has 0 aliphatic carbocycles. The molecule has 3 nitrogen and oxygen atoms in total. The topological polar surface area (TPSA) is 43.8 Å². The summed E-state index contributed by atoms with van der Waals surface area (Å²) in [6.45, 7) is 8.42.